The van der Waals surface area contributed by atoms with Crippen molar-refractivity contribution in [1.29, 1.82) is 0 Å². The van der Waals surface area contributed by atoms with Crippen LogP contribution < -0.4 is 4.90 Å². The summed E-state index contributed by atoms with van der Waals surface area (Å²) in [5.74, 6) is 1.00. The molecule has 0 unspecified atom stereocenters. The maximum atomic E-state index is 5.80. The number of hydrogen-bond donors (Lipinski definition) is 1. The Morgan fingerprint density at radius 2 is 1.56 bits per heavy atom. The Morgan fingerprint density at radius 1 is 0.920 bits per heavy atom. The van der Waals surface area contributed by atoms with Crippen LogP contribution in [0.3, 0.4) is 0 Å². The molecule has 0 radical (unpaired) electrons. The van der Waals surface area contributed by atoms with Crippen molar-refractivity contribution in [2.75, 3.05) is 13.1 Å². The molecule has 0 aliphatic carbocycles. The van der Waals surface area contributed by atoms with E-state index in [1.165, 1.54) is 31.5 Å². The van der Waals surface area contributed by atoms with E-state index in [0.29, 0.717) is 0 Å². The fraction of sp³-hybridized carbons (Fsp3) is 0.300. The first-order chi connectivity index (χ1) is 12.3. The van der Waals surface area contributed by atoms with E-state index in [-0.39, 0.29) is 0 Å². The lowest BCUT2D eigenvalue weighted by Gasteiger charge is -2.11. The third-order valence-electron chi connectivity index (χ3n) is 4.81. The van der Waals surface area contributed by atoms with Gasteiger partial charge in [0.15, 0.2) is 6.67 Å². The summed E-state index contributed by atoms with van der Waals surface area (Å²) in [6, 6.07) is 20.8. The summed E-state index contributed by atoms with van der Waals surface area (Å²) < 4.78 is 4.93. The highest BCUT2D eigenvalue weighted by Gasteiger charge is 2.19. The standard InChI is InChI=1S/C20H22N4S/c25-20-23(16-22-13-7-8-14-22)21-19(15-17-9-3-1-4-10-17)24(20)18-11-5-2-6-12-18/h1-6,9-12H,7-8,13-16H2/p+1. The molecule has 0 spiro atoms. The third-order valence-corrected chi connectivity index (χ3v) is 5.20. The van der Waals surface area contributed by atoms with Gasteiger partial charge in [-0.1, -0.05) is 48.5 Å². The van der Waals surface area contributed by atoms with Crippen molar-refractivity contribution in [3.05, 3.63) is 76.8 Å². The zero-order valence-corrected chi connectivity index (χ0v) is 15.1. The van der Waals surface area contributed by atoms with Crippen molar-refractivity contribution >= 4 is 12.2 Å². The summed E-state index contributed by atoms with van der Waals surface area (Å²) >= 11 is 5.80. The van der Waals surface area contributed by atoms with Crippen molar-refractivity contribution in [2.24, 2.45) is 0 Å². The van der Waals surface area contributed by atoms with Crippen LogP contribution >= 0.6 is 12.2 Å². The molecule has 1 aromatic heterocycles. The van der Waals surface area contributed by atoms with Crippen LogP contribution in [0.2, 0.25) is 0 Å². The van der Waals surface area contributed by atoms with Gasteiger partial charge >= 0.3 is 0 Å². The molecular weight excluding hydrogens is 328 g/mol. The lowest BCUT2D eigenvalue weighted by Crippen LogP contribution is -3.09. The molecule has 1 fully saturated rings. The number of aromatic nitrogens is 3. The Kier molecular flexibility index (Phi) is 4.76. The predicted molar refractivity (Wildman–Crippen MR) is 102 cm³/mol. The Hall–Kier alpha value is -2.24. The summed E-state index contributed by atoms with van der Waals surface area (Å²) in [5.41, 5.74) is 2.33. The summed E-state index contributed by atoms with van der Waals surface area (Å²) in [6.45, 7) is 3.29. The highest BCUT2D eigenvalue weighted by Crippen LogP contribution is 2.15. The molecule has 1 aliphatic rings. The normalized spacial score (nSPS) is 14.9. The second-order valence-electron chi connectivity index (χ2n) is 6.65. The van der Waals surface area contributed by atoms with E-state index in [2.05, 4.69) is 41.0 Å². The number of quaternary nitrogens is 1. The minimum absolute atomic E-state index is 0.779. The van der Waals surface area contributed by atoms with Crippen LogP contribution in [0.4, 0.5) is 0 Å². The molecular formula is C20H23N4S+. The topological polar surface area (TPSA) is 27.2 Å². The molecule has 3 aromatic rings. The molecule has 0 atom stereocenters. The molecule has 0 bridgehead atoms. The van der Waals surface area contributed by atoms with Crippen molar-refractivity contribution in [2.45, 2.75) is 25.9 Å². The van der Waals surface area contributed by atoms with E-state index >= 15 is 0 Å². The van der Waals surface area contributed by atoms with E-state index < -0.39 is 0 Å². The highest BCUT2D eigenvalue weighted by molar-refractivity contribution is 7.71. The van der Waals surface area contributed by atoms with Gasteiger partial charge in [-0.15, -0.1) is 0 Å². The number of likely N-dealkylation sites (tertiary alicyclic amines) is 1. The third kappa shape index (κ3) is 3.57. The molecule has 0 saturated carbocycles. The Bertz CT molecular complexity index is 877. The Labute approximate surface area is 153 Å². The van der Waals surface area contributed by atoms with Gasteiger partial charge in [0.25, 0.3) is 0 Å². The number of nitrogens with zero attached hydrogens (tertiary/aromatic N) is 3. The predicted octanol–water partition coefficient (Wildman–Crippen LogP) is 2.63. The van der Waals surface area contributed by atoms with Crippen molar-refractivity contribution in [3.63, 3.8) is 0 Å². The van der Waals surface area contributed by atoms with Gasteiger partial charge in [-0.2, -0.15) is 9.78 Å². The van der Waals surface area contributed by atoms with Gasteiger partial charge in [-0.3, -0.25) is 4.57 Å². The monoisotopic (exact) mass is 351 g/mol. The minimum Gasteiger partial charge on any atom is -0.316 e. The molecule has 1 N–H and O–H groups in total. The first kappa shape index (κ1) is 16.2. The van der Waals surface area contributed by atoms with Crippen LogP contribution in [0.15, 0.2) is 60.7 Å². The second kappa shape index (κ2) is 7.33. The molecule has 1 saturated heterocycles. The number of hydrogen-bond acceptors (Lipinski definition) is 2. The average Bonchev–Trinajstić information content (AvgIpc) is 3.26. The zero-order valence-electron chi connectivity index (χ0n) is 14.3. The minimum atomic E-state index is 0.779. The first-order valence-electron chi connectivity index (χ1n) is 8.93. The van der Waals surface area contributed by atoms with E-state index in [1.54, 1.807) is 4.90 Å². The lowest BCUT2D eigenvalue weighted by molar-refractivity contribution is -0.911. The molecule has 0 amide bonds. The lowest BCUT2D eigenvalue weighted by atomic mass is 10.1. The smallest absolute Gasteiger partial charge is 0.207 e. The van der Waals surface area contributed by atoms with Gasteiger partial charge in [0.2, 0.25) is 4.77 Å². The van der Waals surface area contributed by atoms with Crippen LogP contribution in [0.5, 0.6) is 0 Å². The van der Waals surface area contributed by atoms with E-state index in [4.69, 9.17) is 17.3 Å². The van der Waals surface area contributed by atoms with E-state index in [9.17, 15) is 0 Å². The highest BCUT2D eigenvalue weighted by atomic mass is 32.1. The largest absolute Gasteiger partial charge is 0.316 e. The Balaban J connectivity index is 1.73. The maximum Gasteiger partial charge on any atom is 0.207 e. The quantitative estimate of drug-likeness (QED) is 0.716. The number of nitrogens with one attached hydrogen (secondary N) is 1. The fourth-order valence-electron chi connectivity index (χ4n) is 3.53. The summed E-state index contributed by atoms with van der Waals surface area (Å²) in [6.07, 6.45) is 3.39. The molecule has 2 aromatic carbocycles. The first-order valence-corrected chi connectivity index (χ1v) is 9.34. The Morgan fingerprint density at radius 3 is 2.24 bits per heavy atom. The van der Waals surface area contributed by atoms with E-state index in [0.717, 1.165) is 29.4 Å². The van der Waals surface area contributed by atoms with Crippen LogP contribution in [-0.2, 0) is 13.1 Å². The van der Waals surface area contributed by atoms with Gasteiger partial charge in [0, 0.05) is 24.9 Å². The van der Waals surface area contributed by atoms with Crippen LogP contribution in [0.1, 0.15) is 24.2 Å². The van der Waals surface area contributed by atoms with Crippen LogP contribution in [-0.4, -0.2) is 27.4 Å². The number of para-hydroxylation sites is 1. The molecule has 25 heavy (non-hydrogen) atoms. The van der Waals surface area contributed by atoms with Crippen LogP contribution in [0, 0.1) is 4.77 Å². The van der Waals surface area contributed by atoms with Gasteiger partial charge in [0.05, 0.1) is 13.1 Å². The van der Waals surface area contributed by atoms with Crippen LogP contribution in [0.25, 0.3) is 5.69 Å². The number of rotatable bonds is 5. The molecule has 1 aliphatic heterocycles. The van der Waals surface area contributed by atoms with E-state index in [1.807, 2.05) is 28.9 Å². The molecule has 5 heteroatoms. The second-order valence-corrected chi connectivity index (χ2v) is 7.01. The van der Waals surface area contributed by atoms with Gasteiger partial charge in [0.1, 0.15) is 5.82 Å². The zero-order chi connectivity index (χ0) is 17.1. The molecule has 4 rings (SSSR count). The van der Waals surface area contributed by atoms with Gasteiger partial charge in [-0.05, 0) is 29.9 Å². The molecule has 4 nitrogen and oxygen atoms in total. The summed E-state index contributed by atoms with van der Waals surface area (Å²) in [5, 5.41) is 4.90. The maximum absolute atomic E-state index is 5.80. The van der Waals surface area contributed by atoms with Gasteiger partial charge < -0.3 is 4.90 Å². The van der Waals surface area contributed by atoms with Crippen molar-refractivity contribution in [3.8, 4) is 5.69 Å². The number of benzene rings is 2. The summed E-state index contributed by atoms with van der Waals surface area (Å²) in [7, 11) is 0. The fourth-order valence-corrected chi connectivity index (χ4v) is 3.85. The molecule has 128 valence electrons. The SMILES string of the molecule is S=c1n(C[NH+]2CCCC2)nc(Cc2ccccc2)n1-c1ccccc1. The molecule has 2 heterocycles. The average molecular weight is 351 g/mol. The van der Waals surface area contributed by atoms with Gasteiger partial charge in [-0.25, -0.2) is 0 Å². The summed E-state index contributed by atoms with van der Waals surface area (Å²) in [4.78, 5) is 1.57. The van der Waals surface area contributed by atoms with Crippen molar-refractivity contribution in [1.82, 2.24) is 14.3 Å². The van der Waals surface area contributed by atoms with Crippen molar-refractivity contribution < 1.29 is 4.90 Å².